The number of urea groups is 1. The van der Waals surface area contributed by atoms with Crippen molar-refractivity contribution in [1.29, 1.82) is 0 Å². The largest absolute Gasteiger partial charge is 0.481 e. The predicted molar refractivity (Wildman–Crippen MR) is 68.1 cm³/mol. The molecular weight excluding hydrogens is 252 g/mol. The summed E-state index contributed by atoms with van der Waals surface area (Å²) in [5, 5.41) is 8.73. The Labute approximate surface area is 113 Å². The van der Waals surface area contributed by atoms with Gasteiger partial charge in [-0.05, 0) is 6.92 Å². The highest BCUT2D eigenvalue weighted by Gasteiger charge is 2.27. The van der Waals surface area contributed by atoms with Crippen LogP contribution in [0.4, 0.5) is 4.79 Å². The van der Waals surface area contributed by atoms with Crippen LogP contribution in [0.2, 0.25) is 0 Å². The third kappa shape index (κ3) is 5.44. The van der Waals surface area contributed by atoms with Crippen LogP contribution in [0, 0.1) is 0 Å². The number of hydrogen-bond acceptors (Lipinski definition) is 4. The van der Waals surface area contributed by atoms with Crippen LogP contribution in [0.3, 0.4) is 0 Å². The lowest BCUT2D eigenvalue weighted by atomic mass is 10.2. The average molecular weight is 274 g/mol. The molecule has 1 fully saturated rings. The summed E-state index contributed by atoms with van der Waals surface area (Å²) >= 11 is 0. The number of hydrogen-bond donors (Lipinski definition) is 1. The van der Waals surface area contributed by atoms with Gasteiger partial charge in [0.2, 0.25) is 0 Å². The Morgan fingerprint density at radius 2 is 2.26 bits per heavy atom. The maximum absolute atomic E-state index is 12.1. The van der Waals surface area contributed by atoms with Gasteiger partial charge in [0.25, 0.3) is 0 Å². The summed E-state index contributed by atoms with van der Waals surface area (Å²) < 4.78 is 10.5. The van der Waals surface area contributed by atoms with Crippen molar-refractivity contribution in [2.75, 3.05) is 46.5 Å². The molecule has 7 nitrogen and oxygen atoms in total. The fourth-order valence-electron chi connectivity index (χ4n) is 1.89. The molecule has 2 amide bonds. The van der Waals surface area contributed by atoms with Crippen molar-refractivity contribution in [2.24, 2.45) is 0 Å². The van der Waals surface area contributed by atoms with Crippen LogP contribution in [0.1, 0.15) is 13.3 Å². The van der Waals surface area contributed by atoms with Crippen LogP contribution in [0.25, 0.3) is 0 Å². The first kappa shape index (κ1) is 15.7. The van der Waals surface area contributed by atoms with Gasteiger partial charge in [0.1, 0.15) is 0 Å². The summed E-state index contributed by atoms with van der Waals surface area (Å²) in [5.74, 6) is -0.913. The second kappa shape index (κ2) is 7.96. The van der Waals surface area contributed by atoms with Crippen LogP contribution in [-0.4, -0.2) is 79.5 Å². The molecule has 1 aliphatic rings. The molecule has 0 spiro atoms. The van der Waals surface area contributed by atoms with Crippen molar-refractivity contribution in [3.63, 3.8) is 0 Å². The van der Waals surface area contributed by atoms with E-state index in [0.717, 1.165) is 0 Å². The standard InChI is InChI=1S/C12H22N2O5/c1-3-18-6-4-13(2)12(17)14-5-7-19-10(9-14)8-11(15)16/h10H,3-9H2,1-2H3,(H,15,16). The number of carboxylic acids is 1. The van der Waals surface area contributed by atoms with Crippen molar-refractivity contribution in [3.8, 4) is 0 Å². The molecule has 1 N–H and O–H groups in total. The van der Waals surface area contributed by atoms with E-state index in [1.807, 2.05) is 6.92 Å². The maximum atomic E-state index is 12.1. The molecule has 7 heteroatoms. The second-order valence-electron chi connectivity index (χ2n) is 4.44. The number of likely N-dealkylation sites (N-methyl/N-ethyl adjacent to an activating group) is 1. The van der Waals surface area contributed by atoms with Crippen molar-refractivity contribution < 1.29 is 24.2 Å². The number of carboxylic acid groups (broad SMARTS) is 1. The third-order valence-corrected chi connectivity index (χ3v) is 2.91. The highest BCUT2D eigenvalue weighted by atomic mass is 16.5. The summed E-state index contributed by atoms with van der Waals surface area (Å²) in [4.78, 5) is 26.0. The Balaban J connectivity index is 2.40. The Hall–Kier alpha value is -1.34. The molecule has 1 rings (SSSR count). The third-order valence-electron chi connectivity index (χ3n) is 2.91. The monoisotopic (exact) mass is 274 g/mol. The molecule has 0 aromatic heterocycles. The maximum Gasteiger partial charge on any atom is 0.319 e. The minimum Gasteiger partial charge on any atom is -0.481 e. The van der Waals surface area contributed by atoms with Crippen molar-refractivity contribution in [1.82, 2.24) is 9.80 Å². The van der Waals surface area contributed by atoms with Gasteiger partial charge in [0.15, 0.2) is 0 Å². The van der Waals surface area contributed by atoms with Crippen LogP contribution >= 0.6 is 0 Å². The van der Waals surface area contributed by atoms with Gasteiger partial charge >= 0.3 is 12.0 Å². The van der Waals surface area contributed by atoms with Crippen LogP contribution in [0.5, 0.6) is 0 Å². The Bertz CT molecular complexity index is 310. The van der Waals surface area contributed by atoms with Gasteiger partial charge in [-0.3, -0.25) is 4.79 Å². The molecule has 1 aliphatic heterocycles. The molecule has 19 heavy (non-hydrogen) atoms. The molecule has 110 valence electrons. The first-order chi connectivity index (χ1) is 9.04. The highest BCUT2D eigenvalue weighted by Crippen LogP contribution is 2.10. The molecule has 1 unspecified atom stereocenters. The number of carbonyl (C=O) groups is 2. The molecule has 0 bridgehead atoms. The average Bonchev–Trinajstić information content (AvgIpc) is 2.37. The number of rotatable bonds is 6. The number of morpholine rings is 1. The molecule has 0 aromatic carbocycles. The number of aliphatic carboxylic acids is 1. The summed E-state index contributed by atoms with van der Waals surface area (Å²) in [6.07, 6.45) is -0.498. The van der Waals surface area contributed by atoms with Gasteiger partial charge in [0, 0.05) is 33.3 Å². The Kier molecular flexibility index (Phi) is 6.58. The van der Waals surface area contributed by atoms with Gasteiger partial charge in [-0.1, -0.05) is 0 Å². The molecule has 0 radical (unpaired) electrons. The van der Waals surface area contributed by atoms with Gasteiger partial charge in [0.05, 0.1) is 25.7 Å². The van der Waals surface area contributed by atoms with Gasteiger partial charge in [-0.15, -0.1) is 0 Å². The lowest BCUT2D eigenvalue weighted by molar-refractivity contribution is -0.141. The van der Waals surface area contributed by atoms with E-state index >= 15 is 0 Å². The van der Waals surface area contributed by atoms with Gasteiger partial charge in [-0.2, -0.15) is 0 Å². The molecule has 0 aliphatic carbocycles. The highest BCUT2D eigenvalue weighted by molar-refractivity contribution is 5.74. The van der Waals surface area contributed by atoms with Crippen LogP contribution in [0.15, 0.2) is 0 Å². The Morgan fingerprint density at radius 1 is 1.53 bits per heavy atom. The van der Waals surface area contributed by atoms with Gasteiger partial charge < -0.3 is 24.4 Å². The molecular formula is C12H22N2O5. The molecule has 1 atom stereocenters. The van der Waals surface area contributed by atoms with Crippen LogP contribution < -0.4 is 0 Å². The topological polar surface area (TPSA) is 79.3 Å². The molecule has 1 saturated heterocycles. The number of nitrogens with zero attached hydrogens (tertiary/aromatic N) is 2. The number of ether oxygens (including phenoxy) is 2. The fraction of sp³-hybridized carbons (Fsp3) is 0.833. The van der Waals surface area contributed by atoms with Crippen molar-refractivity contribution >= 4 is 12.0 Å². The minimum atomic E-state index is -0.913. The first-order valence-electron chi connectivity index (χ1n) is 6.45. The molecule has 0 saturated carbocycles. The summed E-state index contributed by atoms with van der Waals surface area (Å²) in [6, 6.07) is -0.113. The van der Waals surface area contributed by atoms with E-state index in [9.17, 15) is 9.59 Å². The van der Waals surface area contributed by atoms with E-state index in [2.05, 4.69) is 0 Å². The quantitative estimate of drug-likeness (QED) is 0.702. The normalized spacial score (nSPS) is 19.3. The predicted octanol–water partition coefficient (Wildman–Crippen LogP) is 0.250. The van der Waals surface area contributed by atoms with E-state index in [0.29, 0.717) is 39.5 Å². The Morgan fingerprint density at radius 3 is 2.89 bits per heavy atom. The smallest absolute Gasteiger partial charge is 0.319 e. The zero-order valence-electron chi connectivity index (χ0n) is 11.5. The summed E-state index contributed by atoms with van der Waals surface area (Å²) in [5.41, 5.74) is 0. The summed E-state index contributed by atoms with van der Waals surface area (Å²) in [6.45, 7) is 4.75. The van der Waals surface area contributed by atoms with Crippen molar-refractivity contribution in [3.05, 3.63) is 0 Å². The fourth-order valence-corrected chi connectivity index (χ4v) is 1.89. The minimum absolute atomic E-state index is 0.0769. The van der Waals surface area contributed by atoms with Crippen LogP contribution in [-0.2, 0) is 14.3 Å². The summed E-state index contributed by atoms with van der Waals surface area (Å²) in [7, 11) is 1.71. The van der Waals surface area contributed by atoms with E-state index in [1.54, 1.807) is 16.8 Å². The number of carbonyl (C=O) groups excluding carboxylic acids is 1. The van der Waals surface area contributed by atoms with Gasteiger partial charge in [-0.25, -0.2) is 4.79 Å². The van der Waals surface area contributed by atoms with E-state index < -0.39 is 12.1 Å². The molecule has 0 aromatic rings. The zero-order valence-corrected chi connectivity index (χ0v) is 11.5. The van der Waals surface area contributed by atoms with Crippen molar-refractivity contribution in [2.45, 2.75) is 19.4 Å². The van der Waals surface area contributed by atoms with E-state index in [-0.39, 0.29) is 12.5 Å². The first-order valence-corrected chi connectivity index (χ1v) is 6.45. The lowest BCUT2D eigenvalue weighted by Gasteiger charge is -2.34. The SMILES string of the molecule is CCOCCN(C)C(=O)N1CCOC(CC(=O)O)C1. The molecule has 1 heterocycles. The second-order valence-corrected chi connectivity index (χ2v) is 4.44. The lowest BCUT2D eigenvalue weighted by Crippen LogP contribution is -2.51. The van der Waals surface area contributed by atoms with E-state index in [1.165, 1.54) is 0 Å². The number of amides is 2. The zero-order chi connectivity index (χ0) is 14.3. The van der Waals surface area contributed by atoms with E-state index in [4.69, 9.17) is 14.6 Å².